The zero-order chi connectivity index (χ0) is 34.6. The first-order valence-electron chi connectivity index (χ1n) is 17.4. The fraction of sp³-hybridized carbons (Fsp3) is 0. The van der Waals surface area contributed by atoms with Gasteiger partial charge in [-0.15, -0.1) is 0 Å². The molecule has 0 saturated carbocycles. The average molecular weight is 663 g/mol. The predicted octanol–water partition coefficient (Wildman–Crippen LogP) is 12.1. The van der Waals surface area contributed by atoms with E-state index in [1.54, 1.807) is 0 Å². The molecule has 0 spiro atoms. The molecule has 0 radical (unpaired) electrons. The number of hydrogen-bond acceptors (Lipinski definition) is 2. The quantitative estimate of drug-likeness (QED) is 0.184. The van der Waals surface area contributed by atoms with Gasteiger partial charge >= 0.3 is 0 Å². The van der Waals surface area contributed by atoms with E-state index in [4.69, 9.17) is 4.98 Å². The number of aromatic nitrogens is 3. The molecule has 10 aromatic rings. The van der Waals surface area contributed by atoms with E-state index in [0.717, 1.165) is 67.1 Å². The number of hydrogen-bond donors (Lipinski definition) is 0. The predicted molar refractivity (Wildman–Crippen MR) is 214 cm³/mol. The zero-order valence-corrected chi connectivity index (χ0v) is 28.1. The van der Waals surface area contributed by atoms with Crippen molar-refractivity contribution in [2.24, 2.45) is 0 Å². The molecule has 0 aliphatic rings. The first-order chi connectivity index (χ1) is 25.7. The maximum absolute atomic E-state index is 9.49. The summed E-state index contributed by atoms with van der Waals surface area (Å²) in [7, 11) is 0. The number of pyridine rings is 1. The van der Waals surface area contributed by atoms with Crippen LogP contribution in [0.1, 0.15) is 5.56 Å². The van der Waals surface area contributed by atoms with Crippen molar-refractivity contribution < 1.29 is 0 Å². The largest absolute Gasteiger partial charge is 0.309 e. The highest BCUT2D eigenvalue weighted by atomic mass is 15.0. The van der Waals surface area contributed by atoms with Gasteiger partial charge in [0.2, 0.25) is 0 Å². The number of fused-ring (bicyclic) bond motifs is 7. The van der Waals surface area contributed by atoms with Gasteiger partial charge in [0, 0.05) is 44.0 Å². The van der Waals surface area contributed by atoms with Crippen LogP contribution in [-0.2, 0) is 0 Å². The summed E-state index contributed by atoms with van der Waals surface area (Å²) in [5.41, 5.74) is 13.6. The van der Waals surface area contributed by atoms with Crippen LogP contribution in [-0.4, -0.2) is 14.1 Å². The first kappa shape index (κ1) is 29.7. The Morgan fingerprint density at radius 1 is 0.404 bits per heavy atom. The van der Waals surface area contributed by atoms with Crippen LogP contribution in [0.4, 0.5) is 0 Å². The normalized spacial score (nSPS) is 11.4. The Balaban J connectivity index is 1.24. The topological polar surface area (TPSA) is 46.5 Å². The lowest BCUT2D eigenvalue weighted by Crippen LogP contribution is -1.97. The number of nitrogens with zero attached hydrogens (tertiary/aromatic N) is 4. The van der Waals surface area contributed by atoms with Gasteiger partial charge in [-0.25, -0.2) is 4.98 Å². The van der Waals surface area contributed by atoms with Crippen LogP contribution in [0.2, 0.25) is 0 Å². The van der Waals surface area contributed by atoms with Crippen LogP contribution in [0.15, 0.2) is 182 Å². The fourth-order valence-electron chi connectivity index (χ4n) is 7.78. The van der Waals surface area contributed by atoms with Crippen molar-refractivity contribution in [2.45, 2.75) is 0 Å². The second kappa shape index (κ2) is 12.0. The molecule has 242 valence electrons. The molecule has 52 heavy (non-hydrogen) atoms. The van der Waals surface area contributed by atoms with Crippen LogP contribution >= 0.6 is 0 Å². The SMILES string of the molecule is N#Cc1ccc(-n2c3ccccc3c3c2ccc2c4ccccc4n(-c4cccc(-c5cc(-c6ccccc6)cc(-c6ccccc6)n5)c4)c23)cc1. The minimum Gasteiger partial charge on any atom is -0.309 e. The van der Waals surface area contributed by atoms with Gasteiger partial charge in [-0.2, -0.15) is 5.26 Å². The number of benzene rings is 7. The van der Waals surface area contributed by atoms with Crippen molar-refractivity contribution in [2.75, 3.05) is 0 Å². The summed E-state index contributed by atoms with van der Waals surface area (Å²) in [6, 6.07) is 66.0. The lowest BCUT2D eigenvalue weighted by atomic mass is 10.00. The van der Waals surface area contributed by atoms with Crippen molar-refractivity contribution in [1.29, 1.82) is 5.26 Å². The van der Waals surface area contributed by atoms with Crippen LogP contribution < -0.4 is 0 Å². The minimum absolute atomic E-state index is 0.645. The molecule has 0 aliphatic heterocycles. The van der Waals surface area contributed by atoms with E-state index in [2.05, 4.69) is 167 Å². The Morgan fingerprint density at radius 2 is 1.02 bits per heavy atom. The number of para-hydroxylation sites is 2. The Bertz CT molecular complexity index is 2940. The molecule has 0 aliphatic carbocycles. The first-order valence-corrected chi connectivity index (χ1v) is 17.4. The summed E-state index contributed by atoms with van der Waals surface area (Å²) in [5.74, 6) is 0. The van der Waals surface area contributed by atoms with E-state index in [9.17, 15) is 5.26 Å². The Hall–Kier alpha value is -7.22. The third-order valence-electron chi connectivity index (χ3n) is 10.1. The number of rotatable bonds is 5. The average Bonchev–Trinajstić information content (AvgIpc) is 3.74. The Morgan fingerprint density at radius 3 is 1.75 bits per heavy atom. The molecule has 3 aromatic heterocycles. The van der Waals surface area contributed by atoms with Gasteiger partial charge in [0.1, 0.15) is 0 Å². The lowest BCUT2D eigenvalue weighted by molar-refractivity contribution is 1.17. The summed E-state index contributed by atoms with van der Waals surface area (Å²) < 4.78 is 4.74. The summed E-state index contributed by atoms with van der Waals surface area (Å²) in [4.78, 5) is 5.25. The summed E-state index contributed by atoms with van der Waals surface area (Å²) >= 11 is 0. The van der Waals surface area contributed by atoms with Crippen LogP contribution in [0.5, 0.6) is 0 Å². The van der Waals surface area contributed by atoms with Crippen LogP contribution in [0.3, 0.4) is 0 Å². The van der Waals surface area contributed by atoms with E-state index in [0.29, 0.717) is 5.56 Å². The highest BCUT2D eigenvalue weighted by Crippen LogP contribution is 2.42. The highest BCUT2D eigenvalue weighted by Gasteiger charge is 2.21. The fourth-order valence-corrected chi connectivity index (χ4v) is 7.78. The summed E-state index contributed by atoms with van der Waals surface area (Å²) in [6.07, 6.45) is 0. The zero-order valence-electron chi connectivity index (χ0n) is 28.1. The third-order valence-corrected chi connectivity index (χ3v) is 10.1. The molecule has 4 heteroatoms. The van der Waals surface area contributed by atoms with Gasteiger partial charge in [0.05, 0.1) is 45.1 Å². The molecule has 0 N–H and O–H groups in total. The molecular formula is C48H30N4. The van der Waals surface area contributed by atoms with E-state index < -0.39 is 0 Å². The van der Waals surface area contributed by atoms with Crippen molar-refractivity contribution in [1.82, 2.24) is 14.1 Å². The monoisotopic (exact) mass is 662 g/mol. The minimum atomic E-state index is 0.645. The molecule has 0 fully saturated rings. The molecule has 7 aromatic carbocycles. The molecule has 0 atom stereocenters. The van der Waals surface area contributed by atoms with Crippen molar-refractivity contribution in [3.8, 4) is 51.1 Å². The maximum atomic E-state index is 9.49. The maximum Gasteiger partial charge on any atom is 0.0991 e. The van der Waals surface area contributed by atoms with Crippen molar-refractivity contribution in [3.05, 3.63) is 188 Å². The smallest absolute Gasteiger partial charge is 0.0991 e. The number of nitriles is 1. The Kier molecular flexibility index (Phi) is 6.84. The Labute approximate surface area is 300 Å². The van der Waals surface area contributed by atoms with Gasteiger partial charge in [0.25, 0.3) is 0 Å². The molecule has 0 saturated heterocycles. The van der Waals surface area contributed by atoms with E-state index in [-0.39, 0.29) is 0 Å². The molecular weight excluding hydrogens is 633 g/mol. The molecule has 0 bridgehead atoms. The second-order valence-corrected chi connectivity index (χ2v) is 13.1. The molecule has 4 nitrogen and oxygen atoms in total. The van der Waals surface area contributed by atoms with Gasteiger partial charge in [-0.3, -0.25) is 0 Å². The van der Waals surface area contributed by atoms with Crippen LogP contribution in [0, 0.1) is 11.3 Å². The molecule has 0 unspecified atom stereocenters. The van der Waals surface area contributed by atoms with Crippen LogP contribution in [0.25, 0.3) is 88.6 Å². The highest BCUT2D eigenvalue weighted by molar-refractivity contribution is 6.26. The standard InChI is InChI=1S/C48H30N4/c49-31-32-22-24-37(25-23-32)51-45-21-10-8-19-41(45)47-46(51)27-26-40-39-18-7-9-20-44(39)52(48(40)47)38-17-11-16-35(28-38)43-30-36(33-12-3-1-4-13-33)29-42(50-43)34-14-5-2-6-15-34/h1-30H. The van der Waals surface area contributed by atoms with Gasteiger partial charge in [-0.1, -0.05) is 115 Å². The summed E-state index contributed by atoms with van der Waals surface area (Å²) in [5, 5.41) is 14.3. The van der Waals surface area contributed by atoms with Crippen molar-refractivity contribution >= 4 is 43.6 Å². The summed E-state index contributed by atoms with van der Waals surface area (Å²) in [6.45, 7) is 0. The molecule has 10 rings (SSSR count). The van der Waals surface area contributed by atoms with Crippen molar-refractivity contribution in [3.63, 3.8) is 0 Å². The molecule has 0 amide bonds. The lowest BCUT2D eigenvalue weighted by Gasteiger charge is -2.13. The molecule has 3 heterocycles. The third kappa shape index (κ3) is 4.72. The van der Waals surface area contributed by atoms with Gasteiger partial charge < -0.3 is 9.13 Å². The van der Waals surface area contributed by atoms with Gasteiger partial charge in [-0.05, 0) is 77.9 Å². The second-order valence-electron chi connectivity index (χ2n) is 13.1. The van der Waals surface area contributed by atoms with E-state index >= 15 is 0 Å². The van der Waals surface area contributed by atoms with E-state index in [1.165, 1.54) is 21.5 Å². The van der Waals surface area contributed by atoms with Gasteiger partial charge in [0.15, 0.2) is 0 Å². The van der Waals surface area contributed by atoms with E-state index in [1.807, 2.05) is 30.3 Å².